The zero-order valence-electron chi connectivity index (χ0n) is 10.3. The number of rotatable bonds is 9. The van der Waals surface area contributed by atoms with Crippen molar-refractivity contribution in [3.8, 4) is 0 Å². The molecule has 0 saturated heterocycles. The Balaban J connectivity index is 3.65. The molecule has 0 aromatic heterocycles. The molecule has 2 nitrogen and oxygen atoms in total. The molecule has 0 bridgehead atoms. The van der Waals surface area contributed by atoms with E-state index in [0.717, 1.165) is 31.5 Å². The molecule has 0 fully saturated rings. The molecule has 0 aliphatic rings. The van der Waals surface area contributed by atoms with Crippen LogP contribution in [-0.2, 0) is 4.74 Å². The Labute approximate surface area is 89.4 Å². The van der Waals surface area contributed by atoms with Crippen molar-refractivity contribution in [2.75, 3.05) is 26.8 Å². The van der Waals surface area contributed by atoms with Gasteiger partial charge >= 0.3 is 0 Å². The minimum Gasteiger partial charge on any atom is -0.383 e. The highest BCUT2D eigenvalue weighted by molar-refractivity contribution is 4.69. The Kier molecular flexibility index (Phi) is 9.42. The van der Waals surface area contributed by atoms with E-state index in [-0.39, 0.29) is 0 Å². The second-order valence-electron chi connectivity index (χ2n) is 3.94. The molecule has 0 aliphatic heterocycles. The van der Waals surface area contributed by atoms with Crippen LogP contribution in [0.4, 0.5) is 0 Å². The van der Waals surface area contributed by atoms with Gasteiger partial charge in [-0.1, -0.05) is 40.0 Å². The van der Waals surface area contributed by atoms with Gasteiger partial charge in [0.05, 0.1) is 6.61 Å². The number of nitrogens with one attached hydrogen (secondary N) is 1. The molecular formula is C12H27NO. The summed E-state index contributed by atoms with van der Waals surface area (Å²) in [5.41, 5.74) is 0. The zero-order chi connectivity index (χ0) is 10.8. The average molecular weight is 201 g/mol. The average Bonchev–Trinajstić information content (AvgIpc) is 2.23. The normalized spacial score (nSPS) is 13.5. The van der Waals surface area contributed by atoms with E-state index in [1.165, 1.54) is 19.3 Å². The van der Waals surface area contributed by atoms with Gasteiger partial charge in [-0.25, -0.2) is 0 Å². The first-order valence-electron chi connectivity index (χ1n) is 5.99. The van der Waals surface area contributed by atoms with E-state index in [4.69, 9.17) is 4.74 Å². The summed E-state index contributed by atoms with van der Waals surface area (Å²) in [6.07, 6.45) is 3.90. The Morgan fingerprint density at radius 1 is 1.00 bits per heavy atom. The van der Waals surface area contributed by atoms with Gasteiger partial charge in [-0.05, 0) is 18.4 Å². The zero-order valence-corrected chi connectivity index (χ0v) is 10.3. The van der Waals surface area contributed by atoms with Crippen LogP contribution in [-0.4, -0.2) is 26.8 Å². The highest BCUT2D eigenvalue weighted by Crippen LogP contribution is 2.21. The van der Waals surface area contributed by atoms with Crippen molar-refractivity contribution in [3.05, 3.63) is 0 Å². The summed E-state index contributed by atoms with van der Waals surface area (Å²) >= 11 is 0. The molecule has 1 N–H and O–H groups in total. The summed E-state index contributed by atoms with van der Waals surface area (Å²) in [5, 5.41) is 3.46. The van der Waals surface area contributed by atoms with Gasteiger partial charge in [-0.3, -0.25) is 0 Å². The standard InChI is InChI=1S/C12H27NO/c1-5-11(6-2)12(7-3)10-13-8-9-14-4/h11-13H,5-10H2,1-4H3. The van der Waals surface area contributed by atoms with Gasteiger partial charge in [0.25, 0.3) is 0 Å². The van der Waals surface area contributed by atoms with Gasteiger partial charge < -0.3 is 10.1 Å². The van der Waals surface area contributed by atoms with Crippen LogP contribution in [0.25, 0.3) is 0 Å². The van der Waals surface area contributed by atoms with E-state index >= 15 is 0 Å². The number of hydrogen-bond donors (Lipinski definition) is 1. The Morgan fingerprint density at radius 3 is 2.00 bits per heavy atom. The predicted octanol–water partition coefficient (Wildman–Crippen LogP) is 2.68. The summed E-state index contributed by atoms with van der Waals surface area (Å²) < 4.78 is 5.01. The molecule has 0 aliphatic carbocycles. The van der Waals surface area contributed by atoms with E-state index < -0.39 is 0 Å². The molecule has 14 heavy (non-hydrogen) atoms. The van der Waals surface area contributed by atoms with E-state index in [2.05, 4.69) is 26.1 Å². The Bertz CT molecular complexity index is 113. The van der Waals surface area contributed by atoms with Crippen LogP contribution < -0.4 is 5.32 Å². The van der Waals surface area contributed by atoms with Crippen molar-refractivity contribution in [2.24, 2.45) is 11.8 Å². The first kappa shape index (κ1) is 13.9. The first-order valence-corrected chi connectivity index (χ1v) is 5.99. The van der Waals surface area contributed by atoms with Gasteiger partial charge in [-0.2, -0.15) is 0 Å². The number of ether oxygens (including phenoxy) is 1. The van der Waals surface area contributed by atoms with Crippen molar-refractivity contribution in [1.82, 2.24) is 5.32 Å². The van der Waals surface area contributed by atoms with Crippen LogP contribution in [0.1, 0.15) is 40.0 Å². The molecular weight excluding hydrogens is 174 g/mol. The first-order chi connectivity index (χ1) is 6.79. The lowest BCUT2D eigenvalue weighted by molar-refractivity contribution is 0.193. The lowest BCUT2D eigenvalue weighted by atomic mass is 9.86. The molecule has 2 heteroatoms. The van der Waals surface area contributed by atoms with E-state index in [1.54, 1.807) is 7.11 Å². The van der Waals surface area contributed by atoms with Crippen LogP contribution in [0.15, 0.2) is 0 Å². The number of hydrogen-bond acceptors (Lipinski definition) is 2. The lowest BCUT2D eigenvalue weighted by Gasteiger charge is -2.24. The minimum atomic E-state index is 0.819. The molecule has 0 spiro atoms. The Morgan fingerprint density at radius 2 is 1.57 bits per heavy atom. The van der Waals surface area contributed by atoms with Crippen LogP contribution in [0, 0.1) is 11.8 Å². The molecule has 1 unspecified atom stereocenters. The second kappa shape index (κ2) is 9.47. The van der Waals surface area contributed by atoms with Crippen LogP contribution in [0.5, 0.6) is 0 Å². The summed E-state index contributed by atoms with van der Waals surface area (Å²) in [6.45, 7) is 9.83. The molecule has 0 aromatic rings. The van der Waals surface area contributed by atoms with Crippen LogP contribution in [0.3, 0.4) is 0 Å². The molecule has 0 rings (SSSR count). The van der Waals surface area contributed by atoms with E-state index in [0.29, 0.717) is 0 Å². The van der Waals surface area contributed by atoms with Crippen LogP contribution >= 0.6 is 0 Å². The monoisotopic (exact) mass is 201 g/mol. The van der Waals surface area contributed by atoms with E-state index in [9.17, 15) is 0 Å². The van der Waals surface area contributed by atoms with Crippen molar-refractivity contribution >= 4 is 0 Å². The topological polar surface area (TPSA) is 21.3 Å². The van der Waals surface area contributed by atoms with Crippen molar-refractivity contribution < 1.29 is 4.74 Å². The third-order valence-electron chi connectivity index (χ3n) is 3.13. The Hall–Kier alpha value is -0.0800. The molecule has 0 amide bonds. The molecule has 0 saturated carbocycles. The largest absolute Gasteiger partial charge is 0.383 e. The smallest absolute Gasteiger partial charge is 0.0587 e. The molecule has 0 heterocycles. The maximum Gasteiger partial charge on any atom is 0.0587 e. The van der Waals surface area contributed by atoms with Crippen molar-refractivity contribution in [2.45, 2.75) is 40.0 Å². The third kappa shape index (κ3) is 5.61. The van der Waals surface area contributed by atoms with Gasteiger partial charge in [-0.15, -0.1) is 0 Å². The number of methoxy groups -OCH3 is 1. The van der Waals surface area contributed by atoms with Gasteiger partial charge in [0, 0.05) is 13.7 Å². The lowest BCUT2D eigenvalue weighted by Crippen LogP contribution is -2.29. The maximum atomic E-state index is 5.01. The molecule has 1 atom stereocenters. The van der Waals surface area contributed by atoms with Crippen molar-refractivity contribution in [1.29, 1.82) is 0 Å². The van der Waals surface area contributed by atoms with E-state index in [1.807, 2.05) is 0 Å². The summed E-state index contributed by atoms with van der Waals surface area (Å²) in [7, 11) is 1.75. The maximum absolute atomic E-state index is 5.01. The second-order valence-corrected chi connectivity index (χ2v) is 3.94. The third-order valence-corrected chi connectivity index (χ3v) is 3.13. The van der Waals surface area contributed by atoms with Gasteiger partial charge in [0.15, 0.2) is 0 Å². The fourth-order valence-corrected chi connectivity index (χ4v) is 2.06. The molecule has 0 aromatic carbocycles. The molecule has 86 valence electrons. The summed E-state index contributed by atoms with van der Waals surface area (Å²) in [4.78, 5) is 0. The van der Waals surface area contributed by atoms with Gasteiger partial charge in [0.2, 0.25) is 0 Å². The minimum absolute atomic E-state index is 0.819. The quantitative estimate of drug-likeness (QED) is 0.579. The fraction of sp³-hybridized carbons (Fsp3) is 1.00. The summed E-state index contributed by atoms with van der Waals surface area (Å²) in [6, 6.07) is 0. The fourth-order valence-electron chi connectivity index (χ4n) is 2.06. The van der Waals surface area contributed by atoms with Crippen molar-refractivity contribution in [3.63, 3.8) is 0 Å². The molecule has 0 radical (unpaired) electrons. The SMILES string of the molecule is CCC(CC)C(CC)CNCCOC. The van der Waals surface area contributed by atoms with Crippen LogP contribution in [0.2, 0.25) is 0 Å². The summed E-state index contributed by atoms with van der Waals surface area (Å²) in [5.74, 6) is 1.72. The highest BCUT2D eigenvalue weighted by Gasteiger charge is 2.15. The van der Waals surface area contributed by atoms with Gasteiger partial charge in [0.1, 0.15) is 0 Å². The predicted molar refractivity (Wildman–Crippen MR) is 62.6 cm³/mol. The highest BCUT2D eigenvalue weighted by atomic mass is 16.5.